The normalized spacial score (nSPS) is 11.6. The fourth-order valence-electron chi connectivity index (χ4n) is 1.25. The second kappa shape index (κ2) is 5.57. The summed E-state index contributed by atoms with van der Waals surface area (Å²) in [5, 5.41) is 0. The maximum atomic E-state index is 12.5. The average Bonchev–Trinajstić information content (AvgIpc) is 2.34. The van der Waals surface area contributed by atoms with E-state index in [2.05, 4.69) is 4.74 Å². The summed E-state index contributed by atoms with van der Waals surface area (Å²) in [5.74, 6) is -0.568. The van der Waals surface area contributed by atoms with Crippen LogP contribution in [-0.2, 0) is 15.7 Å². The number of methoxy groups -OCH3 is 2. The lowest BCUT2D eigenvalue weighted by Gasteiger charge is -2.10. The molecule has 0 fully saturated rings. The number of esters is 1. The first kappa shape index (κ1) is 14.1. The lowest BCUT2D eigenvalue weighted by molar-refractivity contribution is -0.137. The Bertz CT molecular complexity index is 464. The zero-order valence-electron chi connectivity index (χ0n) is 9.75. The maximum Gasteiger partial charge on any atom is 0.416 e. The van der Waals surface area contributed by atoms with Crippen molar-refractivity contribution in [3.63, 3.8) is 0 Å². The van der Waals surface area contributed by atoms with Crippen LogP contribution in [0.4, 0.5) is 13.2 Å². The summed E-state index contributed by atoms with van der Waals surface area (Å²) < 4.78 is 46.6. The summed E-state index contributed by atoms with van der Waals surface area (Å²) in [4.78, 5) is 10.9. The Hall–Kier alpha value is -1.98. The van der Waals surface area contributed by atoms with Crippen molar-refractivity contribution in [1.29, 1.82) is 0 Å². The molecule has 0 aliphatic heterocycles. The molecule has 0 heterocycles. The van der Waals surface area contributed by atoms with Crippen LogP contribution in [0.15, 0.2) is 24.3 Å². The van der Waals surface area contributed by atoms with Crippen molar-refractivity contribution in [3.8, 4) is 5.75 Å². The van der Waals surface area contributed by atoms with Crippen molar-refractivity contribution in [1.82, 2.24) is 0 Å². The molecule has 1 rings (SSSR count). The quantitative estimate of drug-likeness (QED) is 0.619. The Morgan fingerprint density at radius 2 is 1.94 bits per heavy atom. The predicted octanol–water partition coefficient (Wildman–Crippen LogP) is 2.90. The molecule has 0 aliphatic rings. The van der Waals surface area contributed by atoms with Crippen molar-refractivity contribution in [3.05, 3.63) is 35.4 Å². The minimum atomic E-state index is -4.43. The van der Waals surface area contributed by atoms with Gasteiger partial charge in [0.2, 0.25) is 0 Å². The summed E-state index contributed by atoms with van der Waals surface area (Å²) in [6.45, 7) is 0. The molecule has 6 heteroatoms. The molecule has 1 aromatic rings. The first-order chi connectivity index (χ1) is 8.38. The molecule has 18 heavy (non-hydrogen) atoms. The minimum Gasteiger partial charge on any atom is -0.496 e. The second-order valence-electron chi connectivity index (χ2n) is 3.31. The predicted molar refractivity (Wildman–Crippen MR) is 59.0 cm³/mol. The third-order valence-corrected chi connectivity index (χ3v) is 2.16. The zero-order chi connectivity index (χ0) is 13.8. The van der Waals surface area contributed by atoms with Crippen LogP contribution in [0.25, 0.3) is 6.08 Å². The van der Waals surface area contributed by atoms with Gasteiger partial charge in [0.15, 0.2) is 0 Å². The van der Waals surface area contributed by atoms with Gasteiger partial charge in [-0.1, -0.05) is 6.07 Å². The lowest BCUT2D eigenvalue weighted by atomic mass is 10.1. The van der Waals surface area contributed by atoms with Gasteiger partial charge in [-0.2, -0.15) is 13.2 Å². The molecule has 0 saturated carbocycles. The third-order valence-electron chi connectivity index (χ3n) is 2.16. The summed E-state index contributed by atoms with van der Waals surface area (Å²) >= 11 is 0. The van der Waals surface area contributed by atoms with E-state index in [0.717, 1.165) is 18.2 Å². The van der Waals surface area contributed by atoms with Crippen LogP contribution in [0.3, 0.4) is 0 Å². The molecule has 0 bridgehead atoms. The first-order valence-corrected chi connectivity index (χ1v) is 4.89. The van der Waals surface area contributed by atoms with Gasteiger partial charge >= 0.3 is 12.1 Å². The van der Waals surface area contributed by atoms with E-state index in [4.69, 9.17) is 4.74 Å². The van der Waals surface area contributed by atoms with Crippen LogP contribution in [-0.4, -0.2) is 20.2 Å². The Morgan fingerprint density at radius 3 is 2.44 bits per heavy atom. The molecule has 0 N–H and O–H groups in total. The van der Waals surface area contributed by atoms with E-state index in [9.17, 15) is 18.0 Å². The number of rotatable bonds is 3. The van der Waals surface area contributed by atoms with Crippen molar-refractivity contribution < 1.29 is 27.4 Å². The van der Waals surface area contributed by atoms with Crippen molar-refractivity contribution in [2.45, 2.75) is 6.18 Å². The van der Waals surface area contributed by atoms with Crippen LogP contribution in [0.5, 0.6) is 5.75 Å². The van der Waals surface area contributed by atoms with E-state index in [1.54, 1.807) is 0 Å². The number of carbonyl (C=O) groups excluding carboxylic acids is 1. The van der Waals surface area contributed by atoms with Crippen LogP contribution in [0.2, 0.25) is 0 Å². The van der Waals surface area contributed by atoms with E-state index in [-0.39, 0.29) is 5.75 Å². The Morgan fingerprint density at radius 1 is 1.28 bits per heavy atom. The molecule has 1 aromatic carbocycles. The fraction of sp³-hybridized carbons (Fsp3) is 0.250. The van der Waals surface area contributed by atoms with Crippen LogP contribution in [0, 0.1) is 0 Å². The third kappa shape index (κ3) is 3.51. The van der Waals surface area contributed by atoms with Gasteiger partial charge in [-0.25, -0.2) is 4.79 Å². The fourth-order valence-corrected chi connectivity index (χ4v) is 1.25. The average molecular weight is 260 g/mol. The highest BCUT2D eigenvalue weighted by Crippen LogP contribution is 2.33. The van der Waals surface area contributed by atoms with Gasteiger partial charge in [-0.3, -0.25) is 0 Å². The monoisotopic (exact) mass is 260 g/mol. The Labute approximate surface area is 102 Å². The number of hydrogen-bond donors (Lipinski definition) is 0. The molecule has 0 radical (unpaired) electrons. The largest absolute Gasteiger partial charge is 0.496 e. The molecule has 0 unspecified atom stereocenters. The molecule has 0 aromatic heterocycles. The summed E-state index contributed by atoms with van der Waals surface area (Å²) in [6.07, 6.45) is -2.01. The minimum absolute atomic E-state index is 0.0324. The van der Waals surface area contributed by atoms with Gasteiger partial charge < -0.3 is 9.47 Å². The van der Waals surface area contributed by atoms with Crippen molar-refractivity contribution in [2.75, 3.05) is 14.2 Å². The molecular formula is C12H11F3O3. The SMILES string of the molecule is COC(=O)C=Cc1ccc(C(F)(F)F)cc1OC. The van der Waals surface area contributed by atoms with E-state index in [0.29, 0.717) is 5.56 Å². The first-order valence-electron chi connectivity index (χ1n) is 4.89. The van der Waals surface area contributed by atoms with E-state index < -0.39 is 17.7 Å². The lowest BCUT2D eigenvalue weighted by Crippen LogP contribution is -2.05. The maximum absolute atomic E-state index is 12.5. The van der Waals surface area contributed by atoms with Gasteiger partial charge in [0.1, 0.15) is 5.75 Å². The number of benzene rings is 1. The number of ether oxygens (including phenoxy) is 2. The van der Waals surface area contributed by atoms with Crippen LogP contribution >= 0.6 is 0 Å². The molecule has 98 valence electrons. The number of alkyl halides is 3. The molecule has 0 spiro atoms. The molecule has 0 atom stereocenters. The van der Waals surface area contributed by atoms with Gasteiger partial charge in [-0.05, 0) is 18.2 Å². The summed E-state index contributed by atoms with van der Waals surface area (Å²) in [6, 6.07) is 3.01. The summed E-state index contributed by atoms with van der Waals surface area (Å²) in [7, 11) is 2.46. The highest BCUT2D eigenvalue weighted by atomic mass is 19.4. The number of hydrogen-bond acceptors (Lipinski definition) is 3. The number of carbonyl (C=O) groups is 1. The van der Waals surface area contributed by atoms with Gasteiger partial charge in [0, 0.05) is 11.6 Å². The standard InChI is InChI=1S/C12H11F3O3/c1-17-10-7-9(12(13,14)15)5-3-8(10)4-6-11(16)18-2/h3-7H,1-2H3. The molecule has 0 saturated heterocycles. The van der Waals surface area contributed by atoms with Crippen molar-refractivity contribution in [2.24, 2.45) is 0 Å². The van der Waals surface area contributed by atoms with Crippen molar-refractivity contribution >= 4 is 12.0 Å². The highest BCUT2D eigenvalue weighted by molar-refractivity contribution is 5.87. The van der Waals surface area contributed by atoms with Crippen LogP contribution in [0.1, 0.15) is 11.1 Å². The smallest absolute Gasteiger partial charge is 0.416 e. The topological polar surface area (TPSA) is 35.5 Å². The van der Waals surface area contributed by atoms with E-state index in [1.165, 1.54) is 26.4 Å². The van der Waals surface area contributed by atoms with E-state index >= 15 is 0 Å². The number of halogens is 3. The Balaban J connectivity index is 3.08. The molecular weight excluding hydrogens is 249 g/mol. The van der Waals surface area contributed by atoms with Gasteiger partial charge in [0.25, 0.3) is 0 Å². The van der Waals surface area contributed by atoms with Gasteiger partial charge in [-0.15, -0.1) is 0 Å². The molecule has 0 aliphatic carbocycles. The van der Waals surface area contributed by atoms with E-state index in [1.807, 2.05) is 0 Å². The Kier molecular flexibility index (Phi) is 4.36. The summed E-state index contributed by atoms with van der Waals surface area (Å²) in [5.41, 5.74) is -0.453. The van der Waals surface area contributed by atoms with Gasteiger partial charge in [0.05, 0.1) is 19.8 Å². The second-order valence-corrected chi connectivity index (χ2v) is 3.31. The molecule has 3 nitrogen and oxygen atoms in total. The highest BCUT2D eigenvalue weighted by Gasteiger charge is 2.31. The zero-order valence-corrected chi connectivity index (χ0v) is 9.75. The van der Waals surface area contributed by atoms with Crippen LogP contribution < -0.4 is 4.74 Å². The molecule has 0 amide bonds.